The number of hydrogen-bond donors (Lipinski definition) is 1. The number of aromatic nitrogens is 1. The Morgan fingerprint density at radius 3 is 2.53 bits per heavy atom. The number of alkyl halides is 1. The van der Waals surface area contributed by atoms with E-state index in [0.29, 0.717) is 0 Å². The van der Waals surface area contributed by atoms with Crippen LogP contribution in [0.3, 0.4) is 0 Å². The molecular formula is C11H16ClNO2. The van der Waals surface area contributed by atoms with Crippen molar-refractivity contribution in [3.05, 3.63) is 30.1 Å². The van der Waals surface area contributed by atoms with E-state index in [1.54, 1.807) is 6.07 Å². The van der Waals surface area contributed by atoms with Crippen LogP contribution in [0.1, 0.15) is 36.5 Å². The van der Waals surface area contributed by atoms with E-state index in [-0.39, 0.29) is 5.56 Å². The van der Waals surface area contributed by atoms with Crippen LogP contribution in [0.4, 0.5) is 0 Å². The lowest BCUT2D eigenvalue weighted by Crippen LogP contribution is -1.94. The third-order valence-electron chi connectivity index (χ3n) is 1.65. The molecule has 0 bridgehead atoms. The van der Waals surface area contributed by atoms with E-state index in [1.165, 1.54) is 37.7 Å². The number of rotatable bonds is 4. The molecule has 1 aromatic rings. The van der Waals surface area contributed by atoms with Crippen molar-refractivity contribution in [3.63, 3.8) is 0 Å². The van der Waals surface area contributed by atoms with Gasteiger partial charge >= 0.3 is 5.97 Å². The fourth-order valence-corrected chi connectivity index (χ4v) is 1.02. The van der Waals surface area contributed by atoms with Crippen molar-refractivity contribution in [2.24, 2.45) is 0 Å². The molecule has 15 heavy (non-hydrogen) atoms. The minimum atomic E-state index is -0.942. The molecule has 0 aliphatic carbocycles. The second-order valence-electron chi connectivity index (χ2n) is 2.94. The van der Waals surface area contributed by atoms with Crippen LogP contribution in [-0.2, 0) is 0 Å². The molecule has 84 valence electrons. The first kappa shape index (κ1) is 13.9. The molecule has 0 aliphatic rings. The van der Waals surface area contributed by atoms with Gasteiger partial charge in [0, 0.05) is 18.3 Å². The van der Waals surface area contributed by atoms with Crippen LogP contribution in [0.15, 0.2) is 24.5 Å². The smallest absolute Gasteiger partial charge is 0.337 e. The summed E-state index contributed by atoms with van der Waals surface area (Å²) in [7, 11) is 0. The fraction of sp³-hybridized carbons (Fsp3) is 0.455. The summed E-state index contributed by atoms with van der Waals surface area (Å²) in [5.41, 5.74) is 0.220. The van der Waals surface area contributed by atoms with E-state index in [1.807, 2.05) is 0 Å². The zero-order valence-corrected chi connectivity index (χ0v) is 9.57. The molecule has 0 saturated carbocycles. The zero-order valence-electron chi connectivity index (χ0n) is 8.82. The Morgan fingerprint density at radius 2 is 2.27 bits per heavy atom. The predicted octanol–water partition coefficient (Wildman–Crippen LogP) is 3.20. The summed E-state index contributed by atoms with van der Waals surface area (Å²) >= 11 is 5.38. The Kier molecular flexibility index (Phi) is 8.78. The number of carboxylic acids is 1. The lowest BCUT2D eigenvalue weighted by atomic mass is 10.3. The summed E-state index contributed by atoms with van der Waals surface area (Å²) in [4.78, 5) is 13.8. The van der Waals surface area contributed by atoms with Gasteiger partial charge in [0.2, 0.25) is 0 Å². The summed E-state index contributed by atoms with van der Waals surface area (Å²) in [6.45, 7) is 2.17. The number of aromatic carboxylic acids is 1. The summed E-state index contributed by atoms with van der Waals surface area (Å²) in [5.74, 6) is -0.114. The van der Waals surface area contributed by atoms with E-state index in [9.17, 15) is 4.79 Å². The molecule has 0 atom stereocenters. The minimum absolute atomic E-state index is 0.220. The van der Waals surface area contributed by atoms with Crippen molar-refractivity contribution in [2.45, 2.75) is 26.2 Å². The number of pyridine rings is 1. The second-order valence-corrected chi connectivity index (χ2v) is 3.32. The van der Waals surface area contributed by atoms with Crippen LogP contribution in [0.5, 0.6) is 0 Å². The van der Waals surface area contributed by atoms with Gasteiger partial charge < -0.3 is 5.11 Å². The second kappa shape index (κ2) is 9.46. The van der Waals surface area contributed by atoms with Crippen molar-refractivity contribution in [3.8, 4) is 0 Å². The first-order valence-electron chi connectivity index (χ1n) is 4.91. The van der Waals surface area contributed by atoms with Crippen LogP contribution in [0, 0.1) is 0 Å². The lowest BCUT2D eigenvalue weighted by Gasteiger charge is -1.87. The molecule has 1 rings (SSSR count). The van der Waals surface area contributed by atoms with Gasteiger partial charge in [-0.25, -0.2) is 4.79 Å². The molecule has 0 unspecified atom stereocenters. The van der Waals surface area contributed by atoms with Crippen molar-refractivity contribution in [1.29, 1.82) is 0 Å². The molecule has 0 fully saturated rings. The van der Waals surface area contributed by atoms with Crippen LogP contribution >= 0.6 is 11.6 Å². The van der Waals surface area contributed by atoms with Gasteiger partial charge in [0.15, 0.2) is 0 Å². The molecule has 0 radical (unpaired) electrons. The van der Waals surface area contributed by atoms with Gasteiger partial charge in [0.05, 0.1) is 5.56 Å². The Balaban J connectivity index is 0.000000288. The number of carboxylic acid groups (broad SMARTS) is 1. The van der Waals surface area contributed by atoms with Crippen LogP contribution in [0.25, 0.3) is 0 Å². The molecule has 0 saturated heterocycles. The van der Waals surface area contributed by atoms with Crippen LogP contribution in [0.2, 0.25) is 0 Å². The van der Waals surface area contributed by atoms with E-state index < -0.39 is 5.97 Å². The van der Waals surface area contributed by atoms with Crippen LogP contribution in [-0.4, -0.2) is 21.9 Å². The van der Waals surface area contributed by atoms with E-state index in [2.05, 4.69) is 11.9 Å². The van der Waals surface area contributed by atoms with E-state index >= 15 is 0 Å². The topological polar surface area (TPSA) is 50.2 Å². The highest BCUT2D eigenvalue weighted by atomic mass is 35.5. The highest BCUT2D eigenvalue weighted by Crippen LogP contribution is 1.94. The maximum atomic E-state index is 10.2. The average Bonchev–Trinajstić information content (AvgIpc) is 2.28. The van der Waals surface area contributed by atoms with Gasteiger partial charge in [0.1, 0.15) is 0 Å². The van der Waals surface area contributed by atoms with Gasteiger partial charge in [-0.15, -0.1) is 11.6 Å². The van der Waals surface area contributed by atoms with Gasteiger partial charge in [-0.2, -0.15) is 0 Å². The summed E-state index contributed by atoms with van der Waals surface area (Å²) < 4.78 is 0. The predicted molar refractivity (Wildman–Crippen MR) is 61.4 cm³/mol. The number of carbonyl (C=O) groups is 1. The van der Waals surface area contributed by atoms with Gasteiger partial charge in [-0.1, -0.05) is 19.8 Å². The lowest BCUT2D eigenvalue weighted by molar-refractivity contribution is 0.0696. The third kappa shape index (κ3) is 7.94. The zero-order chi connectivity index (χ0) is 11.5. The molecule has 0 aliphatic heterocycles. The number of nitrogens with zero attached hydrogens (tertiary/aromatic N) is 1. The highest BCUT2D eigenvalue weighted by molar-refractivity contribution is 6.17. The molecule has 1 N–H and O–H groups in total. The Morgan fingerprint density at radius 1 is 1.53 bits per heavy atom. The molecule has 1 aromatic heterocycles. The molecule has 1 heterocycles. The number of unbranched alkanes of at least 4 members (excludes halogenated alkanes) is 2. The standard InChI is InChI=1S/C6H5NO2.C5H11Cl/c8-6(9)5-2-1-3-7-4-5;1-2-3-4-5-6/h1-4H,(H,8,9);2-5H2,1H3. The highest BCUT2D eigenvalue weighted by Gasteiger charge is 1.97. The first-order chi connectivity index (χ1) is 7.22. The third-order valence-corrected chi connectivity index (χ3v) is 1.91. The SMILES string of the molecule is CCCCCCl.O=C(O)c1cccnc1. The Labute approximate surface area is 95.1 Å². The van der Waals surface area contributed by atoms with Crippen LogP contribution < -0.4 is 0 Å². The molecule has 4 heteroatoms. The quantitative estimate of drug-likeness (QED) is 0.637. The molecular weight excluding hydrogens is 214 g/mol. The summed E-state index contributed by atoms with van der Waals surface area (Å²) in [6, 6.07) is 3.08. The van der Waals surface area contributed by atoms with Crippen molar-refractivity contribution < 1.29 is 9.90 Å². The van der Waals surface area contributed by atoms with E-state index in [0.717, 1.165) is 5.88 Å². The normalized spacial score (nSPS) is 8.93. The van der Waals surface area contributed by atoms with Crippen molar-refractivity contribution >= 4 is 17.6 Å². The average molecular weight is 230 g/mol. The maximum absolute atomic E-state index is 10.2. The van der Waals surface area contributed by atoms with E-state index in [4.69, 9.17) is 16.7 Å². The number of hydrogen-bond acceptors (Lipinski definition) is 2. The summed E-state index contributed by atoms with van der Waals surface area (Å²) in [6.07, 6.45) is 6.57. The molecule has 0 amide bonds. The fourth-order valence-electron chi connectivity index (χ4n) is 0.834. The largest absolute Gasteiger partial charge is 0.478 e. The Bertz CT molecular complexity index is 261. The Hall–Kier alpha value is -1.09. The van der Waals surface area contributed by atoms with Crippen molar-refractivity contribution in [1.82, 2.24) is 4.98 Å². The van der Waals surface area contributed by atoms with Gasteiger partial charge in [-0.05, 0) is 18.6 Å². The summed E-state index contributed by atoms with van der Waals surface area (Å²) in [5, 5.41) is 8.34. The van der Waals surface area contributed by atoms with Gasteiger partial charge in [-0.3, -0.25) is 4.98 Å². The molecule has 0 spiro atoms. The maximum Gasteiger partial charge on any atom is 0.337 e. The monoisotopic (exact) mass is 229 g/mol. The molecule has 0 aromatic carbocycles. The van der Waals surface area contributed by atoms with Crippen molar-refractivity contribution in [2.75, 3.05) is 5.88 Å². The number of halogens is 1. The van der Waals surface area contributed by atoms with Gasteiger partial charge in [0.25, 0.3) is 0 Å². The first-order valence-corrected chi connectivity index (χ1v) is 5.45. The molecule has 3 nitrogen and oxygen atoms in total. The minimum Gasteiger partial charge on any atom is -0.478 e.